The topological polar surface area (TPSA) is 84.7 Å². The zero-order valence-electron chi connectivity index (χ0n) is 19.6. The maximum absolute atomic E-state index is 14.1. The molecule has 0 spiro atoms. The van der Waals surface area contributed by atoms with Crippen LogP contribution in [0.5, 0.6) is 0 Å². The molecule has 35 heavy (non-hydrogen) atoms. The van der Waals surface area contributed by atoms with E-state index in [1.165, 1.54) is 0 Å². The molecule has 2 aliphatic heterocycles. The SMILES string of the molecule is CCOC(=O)NC(C(=O)N1C2CC[C@@H]1CC([C@H](N)Cc1cc(F)c(F)cc1F)C2)c1ccccc1. The van der Waals surface area contributed by atoms with Crippen molar-refractivity contribution in [3.05, 3.63) is 71.0 Å². The molecule has 2 amide bonds. The van der Waals surface area contributed by atoms with E-state index in [9.17, 15) is 22.8 Å². The standard InChI is InChI=1S/C26H30F3N3O3/c1-2-35-26(34)31-24(15-6-4-3-5-7-15)25(33)32-18-8-9-19(32)11-17(10-18)23(30)13-16-12-21(28)22(29)14-20(16)27/h3-7,12,14,17-19,23-24H,2,8-11,13,30H2,1H3,(H,31,34)/t17?,18-,19?,23-,24?/m1/s1. The summed E-state index contributed by atoms with van der Waals surface area (Å²) in [5.41, 5.74) is 7.11. The molecule has 2 fully saturated rings. The number of halogens is 3. The van der Waals surface area contributed by atoms with Crippen LogP contribution in [-0.2, 0) is 16.0 Å². The Morgan fingerprint density at radius 1 is 1.06 bits per heavy atom. The first-order chi connectivity index (χ1) is 16.8. The number of nitrogens with two attached hydrogens (primary N) is 1. The van der Waals surface area contributed by atoms with Gasteiger partial charge in [-0.3, -0.25) is 4.79 Å². The molecule has 2 aromatic rings. The highest BCUT2D eigenvalue weighted by Crippen LogP contribution is 2.41. The highest BCUT2D eigenvalue weighted by Gasteiger charge is 2.46. The summed E-state index contributed by atoms with van der Waals surface area (Å²) in [5.74, 6) is -3.34. The van der Waals surface area contributed by atoms with Crippen molar-refractivity contribution in [2.75, 3.05) is 6.61 Å². The van der Waals surface area contributed by atoms with Crippen molar-refractivity contribution in [1.82, 2.24) is 10.2 Å². The molecule has 9 heteroatoms. The summed E-state index contributed by atoms with van der Waals surface area (Å²) >= 11 is 0. The molecular formula is C26H30F3N3O3. The van der Waals surface area contributed by atoms with E-state index in [1.54, 1.807) is 31.2 Å². The lowest BCUT2D eigenvalue weighted by molar-refractivity contribution is -0.139. The number of nitrogens with zero attached hydrogens (tertiary/aromatic N) is 1. The Morgan fingerprint density at radius 2 is 1.69 bits per heavy atom. The van der Waals surface area contributed by atoms with Gasteiger partial charge in [0, 0.05) is 24.2 Å². The minimum absolute atomic E-state index is 0.00254. The third-order valence-electron chi connectivity index (χ3n) is 7.09. The van der Waals surface area contributed by atoms with E-state index in [4.69, 9.17) is 10.5 Å². The molecule has 2 saturated heterocycles. The normalized spacial score (nSPS) is 23.0. The van der Waals surface area contributed by atoms with Crippen molar-refractivity contribution in [1.29, 1.82) is 0 Å². The first-order valence-corrected chi connectivity index (χ1v) is 12.0. The van der Waals surface area contributed by atoms with Crippen molar-refractivity contribution in [3.63, 3.8) is 0 Å². The van der Waals surface area contributed by atoms with Crippen LogP contribution in [0.3, 0.4) is 0 Å². The zero-order valence-corrected chi connectivity index (χ0v) is 19.6. The lowest BCUT2D eigenvalue weighted by atomic mass is 9.82. The molecule has 2 bridgehead atoms. The van der Waals surface area contributed by atoms with Crippen LogP contribution in [0.4, 0.5) is 18.0 Å². The quantitative estimate of drug-likeness (QED) is 0.570. The molecule has 0 aromatic heterocycles. The maximum Gasteiger partial charge on any atom is 0.408 e. The van der Waals surface area contributed by atoms with Crippen molar-refractivity contribution in [2.24, 2.45) is 11.7 Å². The highest BCUT2D eigenvalue weighted by molar-refractivity contribution is 5.87. The van der Waals surface area contributed by atoms with Gasteiger partial charge in [0.2, 0.25) is 5.91 Å². The Labute approximate surface area is 202 Å². The molecule has 188 valence electrons. The van der Waals surface area contributed by atoms with Gasteiger partial charge in [-0.1, -0.05) is 30.3 Å². The van der Waals surface area contributed by atoms with Gasteiger partial charge in [0.1, 0.15) is 11.9 Å². The van der Waals surface area contributed by atoms with Gasteiger partial charge >= 0.3 is 6.09 Å². The number of benzene rings is 2. The molecule has 2 heterocycles. The Balaban J connectivity index is 1.48. The number of amides is 2. The molecule has 5 atom stereocenters. The average Bonchev–Trinajstić information content (AvgIpc) is 3.10. The third-order valence-corrected chi connectivity index (χ3v) is 7.09. The number of carbonyl (C=O) groups excluding carboxylic acids is 2. The third kappa shape index (κ3) is 5.45. The summed E-state index contributed by atoms with van der Waals surface area (Å²) < 4.78 is 46.0. The van der Waals surface area contributed by atoms with Crippen LogP contribution in [0.2, 0.25) is 0 Å². The lowest BCUT2D eigenvalue weighted by Crippen LogP contribution is -2.53. The van der Waals surface area contributed by atoms with E-state index in [-0.39, 0.29) is 42.5 Å². The fraction of sp³-hybridized carbons (Fsp3) is 0.462. The first kappa shape index (κ1) is 25.0. The van der Waals surface area contributed by atoms with Gasteiger partial charge < -0.3 is 20.7 Å². The summed E-state index contributed by atoms with van der Waals surface area (Å²) in [6.07, 6.45) is 2.27. The second-order valence-corrected chi connectivity index (χ2v) is 9.30. The van der Waals surface area contributed by atoms with Crippen molar-refractivity contribution < 1.29 is 27.5 Å². The lowest BCUT2D eigenvalue weighted by Gasteiger charge is -2.42. The largest absolute Gasteiger partial charge is 0.450 e. The minimum atomic E-state index is -1.23. The number of hydrogen-bond donors (Lipinski definition) is 2. The Bertz CT molecular complexity index is 1050. The number of ether oxygens (including phenoxy) is 1. The number of carbonyl (C=O) groups is 2. The monoisotopic (exact) mass is 489 g/mol. The van der Waals surface area contributed by atoms with Gasteiger partial charge in [-0.15, -0.1) is 0 Å². The van der Waals surface area contributed by atoms with E-state index in [0.29, 0.717) is 24.5 Å². The highest BCUT2D eigenvalue weighted by atomic mass is 19.2. The summed E-state index contributed by atoms with van der Waals surface area (Å²) in [5, 5.41) is 2.70. The molecule has 2 aliphatic rings. The van der Waals surface area contributed by atoms with Crippen LogP contribution < -0.4 is 11.1 Å². The number of hydrogen-bond acceptors (Lipinski definition) is 4. The number of fused-ring (bicyclic) bond motifs is 2. The van der Waals surface area contributed by atoms with Crippen LogP contribution in [0.15, 0.2) is 42.5 Å². The van der Waals surface area contributed by atoms with Gasteiger partial charge in [-0.25, -0.2) is 18.0 Å². The zero-order chi connectivity index (χ0) is 25.1. The molecule has 4 rings (SSSR count). The number of rotatable bonds is 7. The molecule has 6 nitrogen and oxygen atoms in total. The molecule has 3 N–H and O–H groups in total. The molecule has 0 aliphatic carbocycles. The van der Waals surface area contributed by atoms with Crippen LogP contribution in [0.1, 0.15) is 49.8 Å². The van der Waals surface area contributed by atoms with Crippen LogP contribution >= 0.6 is 0 Å². The summed E-state index contributed by atoms with van der Waals surface area (Å²) in [4.78, 5) is 27.7. The molecule has 3 unspecified atom stereocenters. The van der Waals surface area contributed by atoms with E-state index < -0.39 is 35.6 Å². The van der Waals surface area contributed by atoms with E-state index in [2.05, 4.69) is 5.32 Å². The van der Waals surface area contributed by atoms with Crippen molar-refractivity contribution in [3.8, 4) is 0 Å². The van der Waals surface area contributed by atoms with Crippen LogP contribution in [0, 0.1) is 23.4 Å². The van der Waals surface area contributed by atoms with Crippen LogP contribution in [-0.4, -0.2) is 41.6 Å². The molecule has 2 aromatic carbocycles. The van der Waals surface area contributed by atoms with Gasteiger partial charge in [0.15, 0.2) is 11.6 Å². The Morgan fingerprint density at radius 3 is 2.31 bits per heavy atom. The van der Waals surface area contributed by atoms with E-state index in [0.717, 1.165) is 18.9 Å². The molecular weight excluding hydrogens is 459 g/mol. The number of nitrogens with one attached hydrogen (secondary N) is 1. The number of alkyl carbamates (subject to hydrolysis) is 1. The predicted octanol–water partition coefficient (Wildman–Crippen LogP) is 4.23. The fourth-order valence-electron chi connectivity index (χ4n) is 5.44. The molecule has 0 saturated carbocycles. The maximum atomic E-state index is 14.1. The van der Waals surface area contributed by atoms with Crippen LogP contribution in [0.25, 0.3) is 0 Å². The van der Waals surface area contributed by atoms with Gasteiger partial charge in [-0.2, -0.15) is 0 Å². The Hall–Kier alpha value is -3.07. The average molecular weight is 490 g/mol. The van der Waals surface area contributed by atoms with Crippen molar-refractivity contribution >= 4 is 12.0 Å². The predicted molar refractivity (Wildman–Crippen MR) is 124 cm³/mol. The summed E-state index contributed by atoms with van der Waals surface area (Å²) in [6.45, 7) is 1.88. The Kier molecular flexibility index (Phi) is 7.64. The fourth-order valence-corrected chi connectivity index (χ4v) is 5.44. The molecule has 0 radical (unpaired) electrons. The van der Waals surface area contributed by atoms with Gasteiger partial charge in [0.25, 0.3) is 0 Å². The smallest absolute Gasteiger partial charge is 0.408 e. The van der Waals surface area contributed by atoms with E-state index >= 15 is 0 Å². The summed E-state index contributed by atoms with van der Waals surface area (Å²) in [6, 6.07) is 8.96. The van der Waals surface area contributed by atoms with Gasteiger partial charge in [0.05, 0.1) is 6.61 Å². The van der Waals surface area contributed by atoms with E-state index in [1.807, 2.05) is 11.0 Å². The van der Waals surface area contributed by atoms with Gasteiger partial charge in [-0.05, 0) is 62.1 Å². The number of piperidine rings is 1. The summed E-state index contributed by atoms with van der Waals surface area (Å²) in [7, 11) is 0. The second-order valence-electron chi connectivity index (χ2n) is 9.30. The first-order valence-electron chi connectivity index (χ1n) is 12.0. The van der Waals surface area contributed by atoms with Crippen molar-refractivity contribution in [2.45, 2.75) is 63.2 Å². The second kappa shape index (κ2) is 10.7. The minimum Gasteiger partial charge on any atom is -0.450 e.